The summed E-state index contributed by atoms with van der Waals surface area (Å²) in [6.07, 6.45) is 5.22. The highest BCUT2D eigenvalue weighted by Crippen LogP contribution is 2.19. The molecule has 1 aromatic heterocycles. The minimum Gasteiger partial charge on any atom is -0.327 e. The van der Waals surface area contributed by atoms with E-state index >= 15 is 0 Å². The zero-order valence-electron chi connectivity index (χ0n) is 9.86. The molecular weight excluding hydrogens is 320 g/mol. The minimum absolute atomic E-state index is 0.182. The summed E-state index contributed by atoms with van der Waals surface area (Å²) in [4.78, 5) is 13.9. The quantitative estimate of drug-likeness (QED) is 0.894. The third kappa shape index (κ3) is 2.84. The molecule has 0 radical (unpaired) electrons. The van der Waals surface area contributed by atoms with E-state index in [9.17, 15) is 13.2 Å². The molecule has 2 heterocycles. The molecule has 0 atom stereocenters. The number of H-pyrrole nitrogens is 1. The highest BCUT2D eigenvalue weighted by molar-refractivity contribution is 9.10. The van der Waals surface area contributed by atoms with Gasteiger partial charge in [-0.2, -0.15) is 4.31 Å². The maximum absolute atomic E-state index is 12.4. The van der Waals surface area contributed by atoms with E-state index in [1.165, 1.54) is 16.6 Å². The first kappa shape index (κ1) is 13.8. The van der Waals surface area contributed by atoms with Gasteiger partial charge < -0.3 is 4.98 Å². The molecule has 1 aromatic rings. The van der Waals surface area contributed by atoms with Crippen molar-refractivity contribution in [2.45, 2.75) is 30.6 Å². The number of pyridine rings is 1. The van der Waals surface area contributed by atoms with Crippen molar-refractivity contribution in [3.05, 3.63) is 27.1 Å². The van der Waals surface area contributed by atoms with Gasteiger partial charge in [-0.1, -0.05) is 12.8 Å². The summed E-state index contributed by atoms with van der Waals surface area (Å²) in [5.74, 6) is 0. The number of nitrogens with zero attached hydrogens (tertiary/aromatic N) is 1. The van der Waals surface area contributed by atoms with Crippen molar-refractivity contribution in [3.8, 4) is 0 Å². The average Bonchev–Trinajstić information content (AvgIpc) is 2.61. The molecule has 0 aromatic carbocycles. The van der Waals surface area contributed by atoms with Crippen molar-refractivity contribution < 1.29 is 8.42 Å². The van der Waals surface area contributed by atoms with Gasteiger partial charge in [0.15, 0.2) is 0 Å². The van der Waals surface area contributed by atoms with Crippen LogP contribution in [0.3, 0.4) is 0 Å². The number of hydrogen-bond donors (Lipinski definition) is 1. The second-order valence-corrected chi connectivity index (χ2v) is 7.15. The number of nitrogens with one attached hydrogen (secondary N) is 1. The summed E-state index contributed by atoms with van der Waals surface area (Å²) in [6, 6.07) is 1.36. The first-order valence-corrected chi connectivity index (χ1v) is 8.13. The second kappa shape index (κ2) is 5.54. The van der Waals surface area contributed by atoms with Crippen molar-refractivity contribution in [1.29, 1.82) is 0 Å². The van der Waals surface area contributed by atoms with Gasteiger partial charge in [-0.15, -0.1) is 0 Å². The van der Waals surface area contributed by atoms with Crippen LogP contribution >= 0.6 is 15.9 Å². The molecule has 0 spiro atoms. The Morgan fingerprint density at radius 3 is 2.39 bits per heavy atom. The molecule has 18 heavy (non-hydrogen) atoms. The van der Waals surface area contributed by atoms with Crippen LogP contribution in [0.2, 0.25) is 0 Å². The zero-order chi connectivity index (χ0) is 13.2. The Morgan fingerprint density at radius 1 is 1.17 bits per heavy atom. The smallest absolute Gasteiger partial charge is 0.268 e. The van der Waals surface area contributed by atoms with Crippen LogP contribution in [0.4, 0.5) is 0 Å². The molecule has 2 rings (SSSR count). The van der Waals surface area contributed by atoms with Crippen LogP contribution in [-0.2, 0) is 10.0 Å². The van der Waals surface area contributed by atoms with E-state index in [1.807, 2.05) is 0 Å². The summed E-state index contributed by atoms with van der Waals surface area (Å²) in [5.41, 5.74) is -0.567. The first-order valence-electron chi connectivity index (χ1n) is 5.90. The van der Waals surface area contributed by atoms with Gasteiger partial charge in [-0.25, -0.2) is 8.42 Å². The van der Waals surface area contributed by atoms with Crippen LogP contribution in [0.25, 0.3) is 0 Å². The molecule has 0 amide bonds. The Hall–Kier alpha value is -0.660. The molecule has 1 aliphatic heterocycles. The summed E-state index contributed by atoms with van der Waals surface area (Å²) in [7, 11) is -3.68. The highest BCUT2D eigenvalue weighted by Gasteiger charge is 2.27. The van der Waals surface area contributed by atoms with Crippen LogP contribution in [0.15, 0.2) is 26.4 Å². The van der Waals surface area contributed by atoms with Crippen LogP contribution in [-0.4, -0.2) is 30.8 Å². The molecule has 0 unspecified atom stereocenters. The van der Waals surface area contributed by atoms with E-state index in [0.717, 1.165) is 25.7 Å². The van der Waals surface area contributed by atoms with E-state index in [4.69, 9.17) is 0 Å². The van der Waals surface area contributed by atoms with E-state index < -0.39 is 15.6 Å². The maximum atomic E-state index is 12.4. The van der Waals surface area contributed by atoms with Crippen molar-refractivity contribution in [2.75, 3.05) is 13.1 Å². The lowest BCUT2D eigenvalue weighted by molar-refractivity contribution is 0.423. The van der Waals surface area contributed by atoms with Gasteiger partial charge in [0.05, 0.1) is 0 Å². The lowest BCUT2D eigenvalue weighted by Crippen LogP contribution is -2.35. The molecule has 1 N–H and O–H groups in total. The Labute approximate surface area is 114 Å². The molecule has 100 valence electrons. The number of halogens is 1. The molecule has 1 fully saturated rings. The number of rotatable bonds is 2. The number of aromatic amines is 1. The molecule has 0 aliphatic carbocycles. The third-order valence-corrected chi connectivity index (χ3v) is 5.38. The van der Waals surface area contributed by atoms with E-state index in [-0.39, 0.29) is 4.90 Å². The van der Waals surface area contributed by atoms with Gasteiger partial charge in [0.2, 0.25) is 10.0 Å². The van der Waals surface area contributed by atoms with Crippen molar-refractivity contribution in [2.24, 2.45) is 0 Å². The van der Waals surface area contributed by atoms with Crippen molar-refractivity contribution in [3.63, 3.8) is 0 Å². The van der Waals surface area contributed by atoms with Crippen molar-refractivity contribution in [1.82, 2.24) is 9.29 Å². The molecule has 1 saturated heterocycles. The lowest BCUT2D eigenvalue weighted by atomic mass is 10.2. The normalized spacial score (nSPS) is 18.5. The minimum atomic E-state index is -3.68. The van der Waals surface area contributed by atoms with Crippen LogP contribution in [0, 0.1) is 0 Å². The first-order chi connectivity index (χ1) is 8.51. The van der Waals surface area contributed by atoms with E-state index in [1.54, 1.807) is 0 Å². The molecular formula is C11H15BrN2O3S. The van der Waals surface area contributed by atoms with Crippen LogP contribution in [0.5, 0.6) is 0 Å². The average molecular weight is 335 g/mol. The Bertz CT molecular complexity index is 574. The third-order valence-electron chi connectivity index (χ3n) is 3.02. The summed E-state index contributed by atoms with van der Waals surface area (Å²) < 4.78 is 26.8. The zero-order valence-corrected chi connectivity index (χ0v) is 12.3. The van der Waals surface area contributed by atoms with Crippen LogP contribution in [0.1, 0.15) is 25.7 Å². The Kier molecular flexibility index (Phi) is 4.24. The fourth-order valence-corrected chi connectivity index (χ4v) is 4.13. The predicted octanol–water partition coefficient (Wildman–Crippen LogP) is 1.70. The largest absolute Gasteiger partial charge is 0.327 e. The second-order valence-electron chi connectivity index (χ2n) is 4.33. The standard InChI is InChI=1S/C11H15BrN2O3S/c12-9-7-10(11(15)13-8-9)18(16,17)14-5-3-1-2-4-6-14/h7-8H,1-6H2,(H,13,15). The predicted molar refractivity (Wildman–Crippen MR) is 72.0 cm³/mol. The van der Waals surface area contributed by atoms with Gasteiger partial charge in [0.25, 0.3) is 5.56 Å². The molecule has 0 bridgehead atoms. The Balaban J connectivity index is 2.40. The number of sulfonamides is 1. The highest BCUT2D eigenvalue weighted by atomic mass is 79.9. The van der Waals surface area contributed by atoms with Crippen LogP contribution < -0.4 is 5.56 Å². The van der Waals surface area contributed by atoms with Gasteiger partial charge in [0.1, 0.15) is 4.90 Å². The summed E-state index contributed by atoms with van der Waals surface area (Å²) in [6.45, 7) is 0.989. The summed E-state index contributed by atoms with van der Waals surface area (Å²) >= 11 is 3.18. The summed E-state index contributed by atoms with van der Waals surface area (Å²) in [5, 5.41) is 0. The van der Waals surface area contributed by atoms with Gasteiger partial charge in [-0.05, 0) is 34.8 Å². The SMILES string of the molecule is O=c1[nH]cc(Br)cc1S(=O)(=O)N1CCCCCC1. The lowest BCUT2D eigenvalue weighted by Gasteiger charge is -2.19. The molecule has 7 heteroatoms. The molecule has 5 nitrogen and oxygen atoms in total. The number of hydrogen-bond acceptors (Lipinski definition) is 3. The van der Waals surface area contributed by atoms with Gasteiger partial charge >= 0.3 is 0 Å². The van der Waals surface area contributed by atoms with E-state index in [2.05, 4.69) is 20.9 Å². The monoisotopic (exact) mass is 334 g/mol. The van der Waals surface area contributed by atoms with Gasteiger partial charge in [-0.3, -0.25) is 4.79 Å². The topological polar surface area (TPSA) is 70.2 Å². The Morgan fingerprint density at radius 2 is 1.78 bits per heavy atom. The number of aromatic nitrogens is 1. The fourth-order valence-electron chi connectivity index (χ4n) is 2.05. The maximum Gasteiger partial charge on any atom is 0.268 e. The molecule has 1 aliphatic rings. The fraction of sp³-hybridized carbons (Fsp3) is 0.545. The molecule has 0 saturated carbocycles. The van der Waals surface area contributed by atoms with Gasteiger partial charge in [0, 0.05) is 23.8 Å². The van der Waals surface area contributed by atoms with Crippen molar-refractivity contribution >= 4 is 26.0 Å². The van der Waals surface area contributed by atoms with E-state index in [0.29, 0.717) is 17.6 Å².